The van der Waals surface area contributed by atoms with E-state index in [0.29, 0.717) is 11.3 Å². The van der Waals surface area contributed by atoms with Crippen LogP contribution in [0, 0.1) is 30.7 Å². The van der Waals surface area contributed by atoms with Gasteiger partial charge in [-0.25, -0.2) is 8.78 Å². The molecule has 0 unspecified atom stereocenters. The van der Waals surface area contributed by atoms with Crippen LogP contribution >= 0.6 is 0 Å². The summed E-state index contributed by atoms with van der Waals surface area (Å²) in [6.45, 7) is 1.90. The summed E-state index contributed by atoms with van der Waals surface area (Å²) in [4.78, 5) is 8.56. The first-order valence-electron chi connectivity index (χ1n) is 10.4. The smallest absolute Gasteiger partial charge is 0.0446 e. The van der Waals surface area contributed by atoms with Crippen molar-refractivity contribution in [3.05, 3.63) is 133 Å². The van der Waals surface area contributed by atoms with E-state index in [4.69, 9.17) is 0 Å². The molecule has 5 aromatic rings. The Morgan fingerprint density at radius 1 is 0.676 bits per heavy atom. The number of aryl methyl sites for hydroxylation is 1. The third-order valence-corrected chi connectivity index (χ3v) is 4.84. The number of benzene rings is 3. The maximum absolute atomic E-state index is 12.9. The van der Waals surface area contributed by atoms with Crippen LogP contribution in [0.15, 0.2) is 103 Å². The number of hydrogen-bond donors (Lipinski definition) is 0. The topological polar surface area (TPSA) is 25.8 Å². The zero-order chi connectivity index (χ0) is 23.0. The summed E-state index contributed by atoms with van der Waals surface area (Å²) >= 11 is 0. The van der Waals surface area contributed by atoms with Crippen molar-refractivity contribution in [3.63, 3.8) is 0 Å². The molecule has 3 aromatic carbocycles. The summed E-state index contributed by atoms with van der Waals surface area (Å²) in [5.74, 6) is -1.34. The van der Waals surface area contributed by atoms with Gasteiger partial charge in [0.2, 0.25) is 0 Å². The summed E-state index contributed by atoms with van der Waals surface area (Å²) in [7, 11) is 0. The van der Waals surface area contributed by atoms with Gasteiger partial charge in [-0.05, 0) is 35.0 Å². The van der Waals surface area contributed by atoms with Crippen LogP contribution in [0.5, 0.6) is 0 Å². The van der Waals surface area contributed by atoms with Gasteiger partial charge in [-0.3, -0.25) is 0 Å². The molecule has 0 N–H and O–H groups in total. The second-order valence-corrected chi connectivity index (χ2v) is 7.36. The van der Waals surface area contributed by atoms with Crippen LogP contribution in [0.2, 0.25) is 0 Å². The molecule has 0 aliphatic rings. The predicted octanol–water partition coefficient (Wildman–Crippen LogP) is 7.35. The standard InChI is InChI=1S/C17H12N.C12H8F2N.Ir/c1-3-7-14(8-4-1)16-11-12-17(18-13-16)15-9-5-2-6-10-15;1-8-2-3-12(15-7-8)9-4-10(13)6-11(14)5-9;/h1-9,11-13H;2-4,6-7H,1H3;/q2*-1;. The van der Waals surface area contributed by atoms with Gasteiger partial charge in [0, 0.05) is 44.1 Å². The van der Waals surface area contributed by atoms with E-state index in [-0.39, 0.29) is 20.1 Å². The zero-order valence-electron chi connectivity index (χ0n) is 18.3. The van der Waals surface area contributed by atoms with Crippen molar-refractivity contribution in [2.24, 2.45) is 0 Å². The molecule has 0 saturated carbocycles. The molecule has 5 heteroatoms. The molecule has 1 radical (unpaired) electrons. The van der Waals surface area contributed by atoms with Crippen molar-refractivity contribution >= 4 is 0 Å². The van der Waals surface area contributed by atoms with E-state index in [9.17, 15) is 8.78 Å². The van der Waals surface area contributed by atoms with Crippen LogP contribution in [0.1, 0.15) is 5.56 Å². The van der Waals surface area contributed by atoms with Crippen molar-refractivity contribution in [1.29, 1.82) is 0 Å². The molecule has 0 atom stereocenters. The molecule has 0 spiro atoms. The number of hydrogen-bond acceptors (Lipinski definition) is 2. The fourth-order valence-electron chi connectivity index (χ4n) is 3.17. The third-order valence-electron chi connectivity index (χ3n) is 4.84. The van der Waals surface area contributed by atoms with Gasteiger partial charge in [-0.2, -0.15) is 0 Å². The van der Waals surface area contributed by atoms with Crippen molar-refractivity contribution in [1.82, 2.24) is 9.97 Å². The Morgan fingerprint density at radius 2 is 1.38 bits per heavy atom. The van der Waals surface area contributed by atoms with Crippen molar-refractivity contribution < 1.29 is 28.9 Å². The summed E-state index contributed by atoms with van der Waals surface area (Å²) in [6.07, 6.45) is 3.55. The fraction of sp³-hybridized carbons (Fsp3) is 0.0345. The van der Waals surface area contributed by atoms with Gasteiger partial charge in [-0.15, -0.1) is 53.6 Å². The molecule has 5 rings (SSSR count). The van der Waals surface area contributed by atoms with Crippen LogP contribution in [-0.2, 0) is 20.1 Å². The number of rotatable bonds is 3. The molecule has 34 heavy (non-hydrogen) atoms. The molecule has 171 valence electrons. The van der Waals surface area contributed by atoms with E-state index in [1.54, 1.807) is 12.3 Å². The van der Waals surface area contributed by atoms with Gasteiger partial charge in [0.1, 0.15) is 0 Å². The molecular formula is C29H20F2IrN2-2. The monoisotopic (exact) mass is 627 g/mol. The average molecular weight is 627 g/mol. The van der Waals surface area contributed by atoms with E-state index in [1.165, 1.54) is 11.6 Å². The molecule has 0 saturated heterocycles. The largest absolute Gasteiger partial charge is 0.304 e. The maximum Gasteiger partial charge on any atom is 0.0446 e. The molecule has 2 aromatic heterocycles. The summed E-state index contributed by atoms with van der Waals surface area (Å²) in [5.41, 5.74) is 6.14. The first kappa shape index (κ1) is 25.1. The minimum absolute atomic E-state index is 0. The molecule has 0 bridgehead atoms. The summed E-state index contributed by atoms with van der Waals surface area (Å²) in [6, 6.07) is 33.4. The van der Waals surface area contributed by atoms with Crippen LogP contribution in [0.3, 0.4) is 0 Å². The second kappa shape index (κ2) is 12.1. The first-order chi connectivity index (χ1) is 16.1. The van der Waals surface area contributed by atoms with Crippen molar-refractivity contribution in [2.45, 2.75) is 6.92 Å². The Labute approximate surface area is 211 Å². The fourth-order valence-corrected chi connectivity index (χ4v) is 3.17. The zero-order valence-corrected chi connectivity index (χ0v) is 20.7. The number of aromatic nitrogens is 2. The Balaban J connectivity index is 0.000000188. The first-order valence-corrected chi connectivity index (χ1v) is 10.4. The minimum atomic E-state index is -0.715. The van der Waals surface area contributed by atoms with Gasteiger partial charge in [0.25, 0.3) is 0 Å². The van der Waals surface area contributed by atoms with Gasteiger partial charge < -0.3 is 9.97 Å². The molecule has 0 amide bonds. The number of pyridine rings is 2. The van der Waals surface area contributed by atoms with Gasteiger partial charge in [0.05, 0.1) is 0 Å². The normalized spacial score (nSPS) is 9.97. The average Bonchev–Trinajstić information content (AvgIpc) is 2.85. The molecule has 0 aliphatic heterocycles. The molecular weight excluding hydrogens is 607 g/mol. The quantitative estimate of drug-likeness (QED) is 0.196. The molecule has 0 aliphatic carbocycles. The van der Waals surface area contributed by atoms with Crippen LogP contribution in [0.25, 0.3) is 33.6 Å². The van der Waals surface area contributed by atoms with E-state index in [1.807, 2.05) is 67.7 Å². The second-order valence-electron chi connectivity index (χ2n) is 7.36. The van der Waals surface area contributed by atoms with Crippen LogP contribution in [-0.4, -0.2) is 9.97 Å². The van der Waals surface area contributed by atoms with Crippen molar-refractivity contribution in [2.75, 3.05) is 0 Å². The van der Waals surface area contributed by atoms with Gasteiger partial charge in [0.15, 0.2) is 0 Å². The van der Waals surface area contributed by atoms with E-state index < -0.39 is 11.6 Å². The molecule has 2 nitrogen and oxygen atoms in total. The van der Waals surface area contributed by atoms with Gasteiger partial charge >= 0.3 is 0 Å². The Morgan fingerprint density at radius 3 is 2.00 bits per heavy atom. The third kappa shape index (κ3) is 6.74. The minimum Gasteiger partial charge on any atom is -0.304 e. The maximum atomic E-state index is 12.9. The molecule has 0 fully saturated rings. The Bertz CT molecular complexity index is 1230. The predicted molar refractivity (Wildman–Crippen MR) is 127 cm³/mol. The van der Waals surface area contributed by atoms with E-state index in [2.05, 4.69) is 40.3 Å². The Kier molecular flexibility index (Phi) is 8.92. The number of halogens is 2. The Hall–Kier alpha value is -3.53. The summed E-state index contributed by atoms with van der Waals surface area (Å²) < 4.78 is 25.8. The SMILES string of the molecule is Cc1ccc(-c2[c-]c(F)cc(F)c2)nc1.[Ir].[c-]1ccccc1-c1ccc(-c2ccccc2)cn1. The van der Waals surface area contributed by atoms with E-state index >= 15 is 0 Å². The number of nitrogens with zero attached hydrogens (tertiary/aromatic N) is 2. The van der Waals surface area contributed by atoms with Crippen LogP contribution in [0.4, 0.5) is 8.78 Å². The summed E-state index contributed by atoms with van der Waals surface area (Å²) in [5, 5.41) is 0. The molecule has 2 heterocycles. The van der Waals surface area contributed by atoms with Crippen molar-refractivity contribution in [3.8, 4) is 33.6 Å². The van der Waals surface area contributed by atoms with Crippen LogP contribution < -0.4 is 0 Å². The van der Waals surface area contributed by atoms with E-state index in [0.717, 1.165) is 28.5 Å². The van der Waals surface area contributed by atoms with Gasteiger partial charge in [-0.1, -0.05) is 60.7 Å².